The normalized spacial score (nSPS) is 10.6. The standard InChI is InChI=1S/C19H18ClN3OS/c20-16-6-2-1-5-14(16)8-9-18(24)22-12-10-15-13-25-19(23-15)17-7-3-4-11-21-17/h1-7,11,13H,8-10,12H2,(H,22,24). The number of nitrogens with zero attached hydrogens (tertiary/aromatic N) is 2. The Labute approximate surface area is 155 Å². The maximum atomic E-state index is 12.0. The van der Waals surface area contributed by atoms with E-state index in [9.17, 15) is 4.79 Å². The fraction of sp³-hybridized carbons (Fsp3) is 0.211. The van der Waals surface area contributed by atoms with E-state index in [2.05, 4.69) is 15.3 Å². The van der Waals surface area contributed by atoms with Crippen molar-refractivity contribution in [1.82, 2.24) is 15.3 Å². The minimum atomic E-state index is 0.0279. The van der Waals surface area contributed by atoms with E-state index in [4.69, 9.17) is 11.6 Å². The highest BCUT2D eigenvalue weighted by atomic mass is 35.5. The molecule has 128 valence electrons. The first-order valence-electron chi connectivity index (χ1n) is 8.08. The van der Waals surface area contributed by atoms with Crippen LogP contribution in [0.2, 0.25) is 5.02 Å². The third kappa shape index (κ3) is 5.11. The number of benzene rings is 1. The first-order chi connectivity index (χ1) is 12.2. The Morgan fingerprint density at radius 3 is 2.76 bits per heavy atom. The SMILES string of the molecule is O=C(CCc1ccccc1Cl)NCCc1csc(-c2ccccn2)n1. The number of pyridine rings is 1. The minimum Gasteiger partial charge on any atom is -0.356 e. The molecule has 0 fully saturated rings. The Kier molecular flexibility index (Phi) is 6.14. The zero-order valence-corrected chi connectivity index (χ0v) is 15.2. The van der Waals surface area contributed by atoms with E-state index in [-0.39, 0.29) is 5.91 Å². The van der Waals surface area contributed by atoms with Crippen LogP contribution in [0.4, 0.5) is 0 Å². The van der Waals surface area contributed by atoms with Gasteiger partial charge >= 0.3 is 0 Å². The van der Waals surface area contributed by atoms with Crippen LogP contribution in [-0.2, 0) is 17.6 Å². The molecule has 0 unspecified atom stereocenters. The number of hydrogen-bond donors (Lipinski definition) is 1. The molecule has 1 N–H and O–H groups in total. The van der Waals surface area contributed by atoms with Gasteiger partial charge in [-0.25, -0.2) is 4.98 Å². The molecule has 2 aromatic heterocycles. The van der Waals surface area contributed by atoms with Gasteiger partial charge in [0.2, 0.25) is 5.91 Å². The fourth-order valence-electron chi connectivity index (χ4n) is 2.40. The van der Waals surface area contributed by atoms with E-state index >= 15 is 0 Å². The highest BCUT2D eigenvalue weighted by Crippen LogP contribution is 2.21. The molecule has 0 radical (unpaired) electrons. The molecule has 0 aliphatic carbocycles. The number of carbonyl (C=O) groups is 1. The average molecular weight is 372 g/mol. The van der Waals surface area contributed by atoms with Gasteiger partial charge in [0.25, 0.3) is 0 Å². The van der Waals surface area contributed by atoms with Crippen molar-refractivity contribution in [2.45, 2.75) is 19.3 Å². The minimum absolute atomic E-state index is 0.0279. The van der Waals surface area contributed by atoms with Crippen LogP contribution < -0.4 is 5.32 Å². The molecule has 0 aliphatic rings. The summed E-state index contributed by atoms with van der Waals surface area (Å²) in [6.07, 6.45) is 3.54. The number of nitrogens with one attached hydrogen (secondary N) is 1. The lowest BCUT2D eigenvalue weighted by Gasteiger charge is -2.05. The lowest BCUT2D eigenvalue weighted by Crippen LogP contribution is -2.25. The van der Waals surface area contributed by atoms with Crippen LogP contribution in [0.5, 0.6) is 0 Å². The van der Waals surface area contributed by atoms with E-state index < -0.39 is 0 Å². The zero-order chi connectivity index (χ0) is 17.5. The Bertz CT molecular complexity index is 835. The summed E-state index contributed by atoms with van der Waals surface area (Å²) >= 11 is 7.67. The van der Waals surface area contributed by atoms with Gasteiger partial charge in [0, 0.05) is 36.0 Å². The predicted molar refractivity (Wildman–Crippen MR) is 102 cm³/mol. The molecular weight excluding hydrogens is 354 g/mol. The Morgan fingerprint density at radius 1 is 1.12 bits per heavy atom. The first-order valence-corrected chi connectivity index (χ1v) is 9.34. The second-order valence-electron chi connectivity index (χ2n) is 5.55. The van der Waals surface area contributed by atoms with Gasteiger partial charge in [0.05, 0.1) is 11.4 Å². The van der Waals surface area contributed by atoms with Gasteiger partial charge in [-0.15, -0.1) is 11.3 Å². The summed E-state index contributed by atoms with van der Waals surface area (Å²) in [5, 5.41) is 6.56. The first kappa shape index (κ1) is 17.6. The van der Waals surface area contributed by atoms with Crippen LogP contribution in [-0.4, -0.2) is 22.4 Å². The highest BCUT2D eigenvalue weighted by Gasteiger charge is 2.07. The maximum Gasteiger partial charge on any atom is 0.220 e. The summed E-state index contributed by atoms with van der Waals surface area (Å²) in [4.78, 5) is 20.8. The number of thiazole rings is 1. The van der Waals surface area contributed by atoms with Crippen LogP contribution in [0.3, 0.4) is 0 Å². The Balaban J connectivity index is 1.43. The van der Waals surface area contributed by atoms with Crippen molar-refractivity contribution in [2.75, 3.05) is 6.54 Å². The second-order valence-corrected chi connectivity index (χ2v) is 6.82. The number of aromatic nitrogens is 2. The summed E-state index contributed by atoms with van der Waals surface area (Å²) in [7, 11) is 0. The second kappa shape index (κ2) is 8.74. The van der Waals surface area contributed by atoms with E-state index in [1.54, 1.807) is 17.5 Å². The molecule has 0 aliphatic heterocycles. The van der Waals surface area contributed by atoms with Crippen molar-refractivity contribution in [3.8, 4) is 10.7 Å². The summed E-state index contributed by atoms with van der Waals surface area (Å²) in [6.45, 7) is 0.576. The number of halogens is 1. The van der Waals surface area contributed by atoms with Gasteiger partial charge in [-0.3, -0.25) is 9.78 Å². The summed E-state index contributed by atoms with van der Waals surface area (Å²) in [5.41, 5.74) is 2.85. The van der Waals surface area contributed by atoms with E-state index in [1.807, 2.05) is 47.8 Å². The molecule has 3 rings (SSSR count). The number of amides is 1. The molecule has 0 spiro atoms. The lowest BCUT2D eigenvalue weighted by atomic mass is 10.1. The average Bonchev–Trinajstić information content (AvgIpc) is 3.11. The monoisotopic (exact) mass is 371 g/mol. The van der Waals surface area contributed by atoms with Crippen LogP contribution >= 0.6 is 22.9 Å². The smallest absolute Gasteiger partial charge is 0.220 e. The molecule has 0 saturated heterocycles. The van der Waals surface area contributed by atoms with Gasteiger partial charge < -0.3 is 5.32 Å². The molecule has 1 amide bonds. The molecule has 25 heavy (non-hydrogen) atoms. The third-order valence-corrected chi connectivity index (χ3v) is 5.00. The third-order valence-electron chi connectivity index (χ3n) is 3.72. The van der Waals surface area contributed by atoms with Gasteiger partial charge in [-0.1, -0.05) is 35.9 Å². The molecule has 6 heteroatoms. The molecule has 2 heterocycles. The molecule has 4 nitrogen and oxygen atoms in total. The highest BCUT2D eigenvalue weighted by molar-refractivity contribution is 7.13. The van der Waals surface area contributed by atoms with Crippen molar-refractivity contribution < 1.29 is 4.79 Å². The van der Waals surface area contributed by atoms with E-state index in [1.165, 1.54) is 0 Å². The van der Waals surface area contributed by atoms with Crippen LogP contribution in [0.25, 0.3) is 10.7 Å². The number of carbonyl (C=O) groups excluding carboxylic acids is 1. The fourth-order valence-corrected chi connectivity index (χ4v) is 3.46. The quantitative estimate of drug-likeness (QED) is 0.678. The molecular formula is C19H18ClN3OS. The number of hydrogen-bond acceptors (Lipinski definition) is 4. The number of aryl methyl sites for hydroxylation is 1. The topological polar surface area (TPSA) is 54.9 Å². The van der Waals surface area contributed by atoms with Crippen molar-refractivity contribution in [2.24, 2.45) is 0 Å². The van der Waals surface area contributed by atoms with E-state index in [0.717, 1.165) is 22.0 Å². The maximum absolute atomic E-state index is 12.0. The van der Waals surface area contributed by atoms with Crippen LogP contribution in [0, 0.1) is 0 Å². The van der Waals surface area contributed by atoms with Gasteiger partial charge in [0.1, 0.15) is 5.01 Å². The largest absolute Gasteiger partial charge is 0.356 e. The Hall–Kier alpha value is -2.24. The van der Waals surface area contributed by atoms with Crippen LogP contribution in [0.1, 0.15) is 17.7 Å². The van der Waals surface area contributed by atoms with Crippen molar-refractivity contribution in [1.29, 1.82) is 0 Å². The summed E-state index contributed by atoms with van der Waals surface area (Å²) in [6, 6.07) is 13.4. The molecule has 3 aromatic rings. The van der Waals surface area contributed by atoms with Crippen molar-refractivity contribution in [3.05, 3.63) is 70.3 Å². The van der Waals surface area contributed by atoms with Crippen molar-refractivity contribution in [3.63, 3.8) is 0 Å². The lowest BCUT2D eigenvalue weighted by molar-refractivity contribution is -0.121. The van der Waals surface area contributed by atoms with Crippen molar-refractivity contribution >= 4 is 28.8 Å². The Morgan fingerprint density at radius 2 is 1.96 bits per heavy atom. The summed E-state index contributed by atoms with van der Waals surface area (Å²) < 4.78 is 0. The predicted octanol–water partition coefficient (Wildman–Crippen LogP) is 4.15. The molecule has 0 saturated carbocycles. The summed E-state index contributed by atoms with van der Waals surface area (Å²) in [5.74, 6) is 0.0279. The zero-order valence-electron chi connectivity index (χ0n) is 13.6. The number of rotatable bonds is 7. The van der Waals surface area contributed by atoms with Gasteiger partial charge in [-0.2, -0.15) is 0 Å². The van der Waals surface area contributed by atoms with E-state index in [0.29, 0.717) is 30.8 Å². The van der Waals surface area contributed by atoms with Gasteiger partial charge in [-0.05, 0) is 30.2 Å². The van der Waals surface area contributed by atoms with Crippen LogP contribution in [0.15, 0.2) is 54.0 Å². The molecule has 0 bridgehead atoms. The molecule has 0 atom stereocenters. The molecule has 1 aromatic carbocycles. The van der Waals surface area contributed by atoms with Gasteiger partial charge in [0.15, 0.2) is 0 Å².